The molecule has 1 saturated heterocycles. The van der Waals surface area contributed by atoms with Gasteiger partial charge in [0.25, 0.3) is 0 Å². The number of amides is 2. The summed E-state index contributed by atoms with van der Waals surface area (Å²) in [6.07, 6.45) is 7.13. The van der Waals surface area contributed by atoms with Crippen LogP contribution in [0.5, 0.6) is 0 Å². The van der Waals surface area contributed by atoms with Gasteiger partial charge in [-0.2, -0.15) is 0 Å². The predicted molar refractivity (Wildman–Crippen MR) is 86.1 cm³/mol. The number of urea groups is 1. The van der Waals surface area contributed by atoms with Crippen molar-refractivity contribution in [1.29, 1.82) is 0 Å². The lowest BCUT2D eigenvalue weighted by Gasteiger charge is -2.25. The van der Waals surface area contributed by atoms with Crippen LogP contribution in [-0.4, -0.2) is 35.2 Å². The zero-order valence-corrected chi connectivity index (χ0v) is 13.2. The van der Waals surface area contributed by atoms with Crippen LogP contribution in [-0.2, 0) is 11.3 Å². The number of aromatic nitrogens is 1. The fourth-order valence-corrected chi connectivity index (χ4v) is 2.65. The van der Waals surface area contributed by atoms with Crippen molar-refractivity contribution in [2.24, 2.45) is 0 Å². The van der Waals surface area contributed by atoms with Crippen LogP contribution in [0.1, 0.15) is 24.2 Å². The summed E-state index contributed by atoms with van der Waals surface area (Å²) >= 11 is 0. The van der Waals surface area contributed by atoms with E-state index in [9.17, 15) is 4.79 Å². The van der Waals surface area contributed by atoms with Crippen molar-refractivity contribution in [3.63, 3.8) is 0 Å². The van der Waals surface area contributed by atoms with Gasteiger partial charge in [0.2, 0.25) is 0 Å². The molecule has 1 N–H and O–H groups in total. The Hall–Kier alpha value is -2.34. The average molecular weight is 315 g/mol. The smallest absolute Gasteiger partial charge is 0.322 e. The van der Waals surface area contributed by atoms with Crippen molar-refractivity contribution < 1.29 is 13.9 Å². The molecule has 3 rings (SSSR count). The zero-order chi connectivity index (χ0) is 16.1. The molecule has 2 amide bonds. The maximum Gasteiger partial charge on any atom is 0.322 e. The summed E-state index contributed by atoms with van der Waals surface area (Å²) in [5, 5.41) is 2.95. The van der Waals surface area contributed by atoms with E-state index in [1.807, 2.05) is 19.1 Å². The molecule has 0 spiro atoms. The molecule has 1 atom stereocenters. The van der Waals surface area contributed by atoms with Crippen molar-refractivity contribution >= 4 is 11.7 Å². The van der Waals surface area contributed by atoms with E-state index in [1.54, 1.807) is 29.6 Å². The number of hydrogen-bond donors (Lipinski definition) is 1. The summed E-state index contributed by atoms with van der Waals surface area (Å²) in [6.45, 7) is 3.66. The molecule has 1 fully saturated rings. The Bertz CT molecular complexity index is 636. The molecule has 23 heavy (non-hydrogen) atoms. The van der Waals surface area contributed by atoms with Gasteiger partial charge in [-0.15, -0.1) is 0 Å². The number of hydrogen-bond acceptors (Lipinski definition) is 4. The largest absolute Gasteiger partial charge is 0.467 e. The first-order chi connectivity index (χ1) is 11.2. The Kier molecular flexibility index (Phi) is 4.92. The average Bonchev–Trinajstić information content (AvgIpc) is 3.22. The maximum atomic E-state index is 12.7. The second kappa shape index (κ2) is 7.28. The van der Waals surface area contributed by atoms with Crippen molar-refractivity contribution in [2.75, 3.05) is 18.5 Å². The molecule has 2 aromatic heterocycles. The van der Waals surface area contributed by atoms with Crippen LogP contribution in [0.4, 0.5) is 10.5 Å². The van der Waals surface area contributed by atoms with Crippen molar-refractivity contribution in [1.82, 2.24) is 9.88 Å². The first kappa shape index (κ1) is 15.6. The summed E-state index contributed by atoms with van der Waals surface area (Å²) in [5.41, 5.74) is 1.69. The quantitative estimate of drug-likeness (QED) is 0.920. The molecule has 0 saturated carbocycles. The molecule has 6 nitrogen and oxygen atoms in total. The Balaban J connectivity index is 1.70. The number of ether oxygens (including phenoxy) is 1. The third kappa shape index (κ3) is 4.10. The molecule has 6 heteroatoms. The van der Waals surface area contributed by atoms with E-state index in [2.05, 4.69) is 10.3 Å². The molecule has 2 aromatic rings. The van der Waals surface area contributed by atoms with Crippen LogP contribution >= 0.6 is 0 Å². The first-order valence-corrected chi connectivity index (χ1v) is 7.83. The highest BCUT2D eigenvalue weighted by Gasteiger charge is 2.23. The normalized spacial score (nSPS) is 17.2. The van der Waals surface area contributed by atoms with Gasteiger partial charge in [-0.25, -0.2) is 4.79 Å². The van der Waals surface area contributed by atoms with Gasteiger partial charge < -0.3 is 19.4 Å². The predicted octanol–water partition coefficient (Wildman–Crippen LogP) is 3.20. The van der Waals surface area contributed by atoms with Crippen LogP contribution in [0.25, 0.3) is 0 Å². The number of anilines is 1. The number of rotatable bonds is 5. The van der Waals surface area contributed by atoms with Gasteiger partial charge in [0.05, 0.1) is 18.9 Å². The van der Waals surface area contributed by atoms with Crippen LogP contribution < -0.4 is 5.32 Å². The van der Waals surface area contributed by atoms with Crippen molar-refractivity contribution in [2.45, 2.75) is 32.4 Å². The van der Waals surface area contributed by atoms with E-state index in [1.165, 1.54) is 0 Å². The highest BCUT2D eigenvalue weighted by atomic mass is 16.5. The van der Waals surface area contributed by atoms with E-state index >= 15 is 0 Å². The fraction of sp³-hybridized carbons (Fsp3) is 0.412. The number of nitrogens with zero attached hydrogens (tertiary/aromatic N) is 2. The standard InChI is InChI=1S/C17H21N3O3/c1-13-10-18-7-6-16(13)19-17(21)20(11-14-4-2-8-22-14)12-15-5-3-9-23-15/h2,4,6-8,10,15H,3,5,9,11-12H2,1H3,(H,18,19,21)/t15-/m0/s1. The lowest BCUT2D eigenvalue weighted by atomic mass is 10.2. The van der Waals surface area contributed by atoms with Gasteiger partial charge in [0.15, 0.2) is 0 Å². The number of carbonyl (C=O) groups excluding carboxylic acids is 1. The zero-order valence-electron chi connectivity index (χ0n) is 13.2. The molecule has 0 aromatic carbocycles. The molecule has 1 aliphatic rings. The summed E-state index contributed by atoms with van der Waals surface area (Å²) in [7, 11) is 0. The van der Waals surface area contributed by atoms with Crippen LogP contribution in [0.3, 0.4) is 0 Å². The molecular formula is C17H21N3O3. The number of aryl methyl sites for hydroxylation is 1. The highest BCUT2D eigenvalue weighted by Crippen LogP contribution is 2.18. The minimum Gasteiger partial charge on any atom is -0.467 e. The van der Waals surface area contributed by atoms with E-state index in [-0.39, 0.29) is 12.1 Å². The minimum atomic E-state index is -0.161. The van der Waals surface area contributed by atoms with Gasteiger partial charge in [0.1, 0.15) is 5.76 Å². The lowest BCUT2D eigenvalue weighted by Crippen LogP contribution is -2.39. The number of pyridine rings is 1. The Morgan fingerprint density at radius 2 is 2.39 bits per heavy atom. The highest BCUT2D eigenvalue weighted by molar-refractivity contribution is 5.90. The van der Waals surface area contributed by atoms with Crippen LogP contribution in [0, 0.1) is 6.92 Å². The first-order valence-electron chi connectivity index (χ1n) is 7.83. The van der Waals surface area contributed by atoms with Gasteiger partial charge in [-0.1, -0.05) is 0 Å². The Morgan fingerprint density at radius 1 is 1.48 bits per heavy atom. The summed E-state index contributed by atoms with van der Waals surface area (Å²) in [4.78, 5) is 18.4. The van der Waals surface area contributed by atoms with Crippen LogP contribution in [0.2, 0.25) is 0 Å². The number of furan rings is 1. The summed E-state index contributed by atoms with van der Waals surface area (Å²) in [5.74, 6) is 0.754. The molecular weight excluding hydrogens is 294 g/mol. The summed E-state index contributed by atoms with van der Waals surface area (Å²) in [6, 6.07) is 5.33. The molecule has 0 unspecified atom stereocenters. The third-order valence-electron chi connectivity index (χ3n) is 3.92. The topological polar surface area (TPSA) is 67.6 Å². The Morgan fingerprint density at radius 3 is 3.09 bits per heavy atom. The van der Waals surface area contributed by atoms with Crippen molar-refractivity contribution in [3.05, 3.63) is 48.2 Å². The van der Waals surface area contributed by atoms with E-state index in [0.717, 1.165) is 36.5 Å². The second-order valence-corrected chi connectivity index (χ2v) is 5.72. The second-order valence-electron chi connectivity index (χ2n) is 5.72. The van der Waals surface area contributed by atoms with Gasteiger partial charge in [0, 0.05) is 31.2 Å². The molecule has 0 aliphatic carbocycles. The van der Waals surface area contributed by atoms with Crippen molar-refractivity contribution in [3.8, 4) is 0 Å². The lowest BCUT2D eigenvalue weighted by molar-refractivity contribution is 0.0803. The molecule has 0 bridgehead atoms. The van der Waals surface area contributed by atoms with Gasteiger partial charge in [-0.05, 0) is 43.5 Å². The Labute approximate surface area is 135 Å². The number of nitrogens with one attached hydrogen (secondary N) is 1. The molecule has 1 aliphatic heterocycles. The molecule has 122 valence electrons. The van der Waals surface area contributed by atoms with E-state index < -0.39 is 0 Å². The monoisotopic (exact) mass is 315 g/mol. The van der Waals surface area contributed by atoms with E-state index in [0.29, 0.717) is 13.1 Å². The minimum absolute atomic E-state index is 0.0919. The van der Waals surface area contributed by atoms with E-state index in [4.69, 9.17) is 9.15 Å². The van der Waals surface area contributed by atoms with Gasteiger partial charge in [-0.3, -0.25) is 4.98 Å². The van der Waals surface area contributed by atoms with Gasteiger partial charge >= 0.3 is 6.03 Å². The molecule has 0 radical (unpaired) electrons. The van der Waals surface area contributed by atoms with Crippen LogP contribution in [0.15, 0.2) is 41.3 Å². The third-order valence-corrected chi connectivity index (χ3v) is 3.92. The SMILES string of the molecule is Cc1cnccc1NC(=O)N(Cc1ccco1)C[C@@H]1CCCO1. The molecule has 3 heterocycles. The maximum absolute atomic E-state index is 12.7. The summed E-state index contributed by atoms with van der Waals surface area (Å²) < 4.78 is 11.0. The number of carbonyl (C=O) groups is 1. The fourth-order valence-electron chi connectivity index (χ4n) is 2.65.